The molecule has 2 rings (SSSR count). The van der Waals surface area contributed by atoms with Gasteiger partial charge in [-0.1, -0.05) is 0 Å². The van der Waals surface area contributed by atoms with Crippen LogP contribution in [0.5, 0.6) is 0 Å². The molecule has 0 fully saturated rings. The van der Waals surface area contributed by atoms with Crippen LogP contribution in [-0.4, -0.2) is 16.1 Å². The molecule has 1 N–H and O–H groups in total. The molecular weight excluding hydrogens is 198 g/mol. The van der Waals surface area contributed by atoms with E-state index in [2.05, 4.69) is 4.98 Å². The summed E-state index contributed by atoms with van der Waals surface area (Å²) in [7, 11) is 0. The number of hydrogen-bond donors (Lipinski definition) is 1. The first kappa shape index (κ1) is 9.15. The predicted molar refractivity (Wildman–Crippen MR) is 56.1 cm³/mol. The van der Waals surface area contributed by atoms with E-state index in [1.54, 1.807) is 6.20 Å². The van der Waals surface area contributed by atoms with E-state index in [9.17, 15) is 4.79 Å². The summed E-state index contributed by atoms with van der Waals surface area (Å²) in [5.41, 5.74) is 1.30. The first-order valence-corrected chi connectivity index (χ1v) is 5.01. The SMILES string of the molecule is Cc1sc2c(C(=O)O)nccc2c1C. The molecule has 0 spiro atoms. The second-order valence-corrected chi connectivity index (χ2v) is 4.35. The zero-order valence-corrected chi connectivity index (χ0v) is 8.68. The maximum atomic E-state index is 10.9. The summed E-state index contributed by atoms with van der Waals surface area (Å²) in [6, 6.07) is 1.86. The Morgan fingerprint density at radius 2 is 2.21 bits per heavy atom. The summed E-state index contributed by atoms with van der Waals surface area (Å²) in [5, 5.41) is 9.93. The minimum Gasteiger partial charge on any atom is -0.476 e. The van der Waals surface area contributed by atoms with E-state index in [0.717, 1.165) is 20.5 Å². The van der Waals surface area contributed by atoms with Gasteiger partial charge in [-0.3, -0.25) is 0 Å². The molecule has 0 radical (unpaired) electrons. The largest absolute Gasteiger partial charge is 0.476 e. The van der Waals surface area contributed by atoms with Crippen molar-refractivity contribution in [2.45, 2.75) is 13.8 Å². The lowest BCUT2D eigenvalue weighted by molar-refractivity contribution is 0.0693. The number of fused-ring (bicyclic) bond motifs is 1. The Kier molecular flexibility index (Phi) is 2.00. The summed E-state index contributed by atoms with van der Waals surface area (Å²) < 4.78 is 0.773. The van der Waals surface area contributed by atoms with Gasteiger partial charge in [0.1, 0.15) is 0 Å². The van der Waals surface area contributed by atoms with Gasteiger partial charge >= 0.3 is 5.97 Å². The monoisotopic (exact) mass is 207 g/mol. The Hall–Kier alpha value is -1.42. The molecule has 72 valence electrons. The lowest BCUT2D eigenvalue weighted by atomic mass is 10.2. The fourth-order valence-electron chi connectivity index (χ4n) is 1.42. The van der Waals surface area contributed by atoms with E-state index in [1.165, 1.54) is 11.3 Å². The highest BCUT2D eigenvalue weighted by Crippen LogP contribution is 2.31. The van der Waals surface area contributed by atoms with Crippen molar-refractivity contribution in [2.24, 2.45) is 0 Å². The number of aromatic carboxylic acids is 1. The van der Waals surface area contributed by atoms with Crippen molar-refractivity contribution in [1.29, 1.82) is 0 Å². The molecule has 0 amide bonds. The number of nitrogens with zero attached hydrogens (tertiary/aromatic N) is 1. The molecular formula is C10H9NO2S. The fourth-order valence-corrected chi connectivity index (χ4v) is 2.56. The van der Waals surface area contributed by atoms with E-state index in [0.29, 0.717) is 0 Å². The number of pyridine rings is 1. The minimum absolute atomic E-state index is 0.156. The van der Waals surface area contributed by atoms with Crippen LogP contribution >= 0.6 is 11.3 Å². The Bertz CT molecular complexity index is 516. The van der Waals surface area contributed by atoms with Crippen molar-refractivity contribution in [3.8, 4) is 0 Å². The average molecular weight is 207 g/mol. The standard InChI is InChI=1S/C10H9NO2S/c1-5-6(2)14-9-7(5)3-4-11-8(9)10(12)13/h3-4H,1-2H3,(H,12,13). The molecule has 14 heavy (non-hydrogen) atoms. The van der Waals surface area contributed by atoms with Gasteiger partial charge in [0.15, 0.2) is 5.69 Å². The van der Waals surface area contributed by atoms with Gasteiger partial charge < -0.3 is 5.11 Å². The number of aromatic nitrogens is 1. The molecule has 0 bridgehead atoms. The number of carboxylic acid groups (broad SMARTS) is 1. The molecule has 0 atom stereocenters. The van der Waals surface area contributed by atoms with Gasteiger partial charge in [0.25, 0.3) is 0 Å². The number of thiophene rings is 1. The normalized spacial score (nSPS) is 10.7. The predicted octanol–water partition coefficient (Wildman–Crippen LogP) is 2.61. The van der Waals surface area contributed by atoms with Crippen LogP contribution in [0, 0.1) is 13.8 Å². The quantitative estimate of drug-likeness (QED) is 0.782. The first-order chi connectivity index (χ1) is 6.61. The van der Waals surface area contributed by atoms with Gasteiger partial charge in [0, 0.05) is 11.1 Å². The average Bonchev–Trinajstić information content (AvgIpc) is 2.43. The number of carbonyl (C=O) groups is 1. The Balaban J connectivity index is 2.88. The van der Waals surface area contributed by atoms with Gasteiger partial charge in [0.05, 0.1) is 4.70 Å². The molecule has 2 heterocycles. The van der Waals surface area contributed by atoms with Gasteiger partial charge in [-0.05, 0) is 30.9 Å². The minimum atomic E-state index is -0.961. The van der Waals surface area contributed by atoms with E-state index in [4.69, 9.17) is 5.11 Å². The molecule has 4 heteroatoms. The third kappa shape index (κ3) is 1.19. The zero-order chi connectivity index (χ0) is 10.3. The Labute approximate surface area is 85.0 Å². The highest BCUT2D eigenvalue weighted by Gasteiger charge is 2.14. The lowest BCUT2D eigenvalue weighted by Gasteiger charge is -1.95. The van der Waals surface area contributed by atoms with Gasteiger partial charge in [-0.15, -0.1) is 11.3 Å². The van der Waals surface area contributed by atoms with Gasteiger partial charge in [-0.25, -0.2) is 9.78 Å². The zero-order valence-electron chi connectivity index (χ0n) is 7.87. The number of aryl methyl sites for hydroxylation is 2. The Morgan fingerprint density at radius 1 is 1.50 bits per heavy atom. The van der Waals surface area contributed by atoms with Crippen LogP contribution in [0.2, 0.25) is 0 Å². The van der Waals surface area contributed by atoms with Crippen LogP contribution in [0.1, 0.15) is 20.9 Å². The smallest absolute Gasteiger partial charge is 0.355 e. The summed E-state index contributed by atoms with van der Waals surface area (Å²) in [4.78, 5) is 15.9. The van der Waals surface area contributed by atoms with Crippen molar-refractivity contribution in [2.75, 3.05) is 0 Å². The topological polar surface area (TPSA) is 50.2 Å². The van der Waals surface area contributed by atoms with Crippen LogP contribution < -0.4 is 0 Å². The summed E-state index contributed by atoms with van der Waals surface area (Å²) >= 11 is 1.49. The van der Waals surface area contributed by atoms with Gasteiger partial charge in [0.2, 0.25) is 0 Å². The van der Waals surface area contributed by atoms with Crippen molar-refractivity contribution in [3.63, 3.8) is 0 Å². The lowest BCUT2D eigenvalue weighted by Crippen LogP contribution is -1.99. The first-order valence-electron chi connectivity index (χ1n) is 4.19. The van der Waals surface area contributed by atoms with Gasteiger partial charge in [-0.2, -0.15) is 0 Å². The second kappa shape index (κ2) is 3.06. The van der Waals surface area contributed by atoms with E-state index >= 15 is 0 Å². The van der Waals surface area contributed by atoms with E-state index in [-0.39, 0.29) is 5.69 Å². The molecule has 0 saturated heterocycles. The van der Waals surface area contributed by atoms with Crippen LogP contribution in [0.4, 0.5) is 0 Å². The van der Waals surface area contributed by atoms with Crippen molar-refractivity contribution >= 4 is 27.4 Å². The molecule has 3 nitrogen and oxygen atoms in total. The number of carboxylic acids is 1. The summed E-state index contributed by atoms with van der Waals surface area (Å²) in [6.45, 7) is 3.99. The van der Waals surface area contributed by atoms with Crippen molar-refractivity contribution < 1.29 is 9.90 Å². The van der Waals surface area contributed by atoms with Crippen LogP contribution in [0.15, 0.2) is 12.3 Å². The third-order valence-corrected chi connectivity index (χ3v) is 3.52. The molecule has 0 aliphatic carbocycles. The van der Waals surface area contributed by atoms with Crippen molar-refractivity contribution in [1.82, 2.24) is 4.98 Å². The highest BCUT2D eigenvalue weighted by atomic mass is 32.1. The second-order valence-electron chi connectivity index (χ2n) is 3.12. The summed E-state index contributed by atoms with van der Waals surface area (Å²) in [5.74, 6) is -0.961. The van der Waals surface area contributed by atoms with E-state index in [1.807, 2.05) is 19.9 Å². The Morgan fingerprint density at radius 3 is 2.86 bits per heavy atom. The molecule has 0 aliphatic heterocycles. The molecule has 0 unspecified atom stereocenters. The molecule has 2 aromatic heterocycles. The third-order valence-electron chi connectivity index (χ3n) is 2.29. The molecule has 0 saturated carbocycles. The van der Waals surface area contributed by atoms with Crippen molar-refractivity contribution in [3.05, 3.63) is 28.4 Å². The maximum Gasteiger partial charge on any atom is 0.355 e. The molecule has 0 aliphatic rings. The number of hydrogen-bond acceptors (Lipinski definition) is 3. The van der Waals surface area contributed by atoms with E-state index < -0.39 is 5.97 Å². The highest BCUT2D eigenvalue weighted by molar-refractivity contribution is 7.19. The summed E-state index contributed by atoms with van der Waals surface area (Å²) in [6.07, 6.45) is 1.55. The fraction of sp³-hybridized carbons (Fsp3) is 0.200. The van der Waals surface area contributed by atoms with Crippen LogP contribution in [0.25, 0.3) is 10.1 Å². The molecule has 0 aromatic carbocycles. The number of rotatable bonds is 1. The van der Waals surface area contributed by atoms with Crippen LogP contribution in [0.3, 0.4) is 0 Å². The van der Waals surface area contributed by atoms with Crippen LogP contribution in [-0.2, 0) is 0 Å². The molecule has 2 aromatic rings. The maximum absolute atomic E-state index is 10.9.